The monoisotopic (exact) mass is 289 g/mol. The van der Waals surface area contributed by atoms with Crippen LogP contribution in [0, 0.1) is 0 Å². The lowest BCUT2D eigenvalue weighted by Gasteiger charge is -2.24. The predicted molar refractivity (Wildman–Crippen MR) is 73.1 cm³/mol. The fourth-order valence-corrected chi connectivity index (χ4v) is 2.22. The number of carboxylic acid groups (broad SMARTS) is 1. The maximum Gasteiger partial charge on any atom is 0.358 e. The summed E-state index contributed by atoms with van der Waals surface area (Å²) in [6, 6.07) is 8.65. The minimum absolute atomic E-state index is 0.131. The molecule has 1 aliphatic heterocycles. The first-order valence-corrected chi connectivity index (χ1v) is 6.82. The molecule has 3 rings (SSSR count). The highest BCUT2D eigenvalue weighted by molar-refractivity contribution is 5.86. The molecule has 21 heavy (non-hydrogen) atoms. The zero-order valence-corrected chi connectivity index (χ0v) is 11.3. The summed E-state index contributed by atoms with van der Waals surface area (Å²) in [5.41, 5.74) is 0.528. The zero-order valence-electron chi connectivity index (χ0n) is 11.3. The fourth-order valence-electron chi connectivity index (χ4n) is 2.22. The van der Waals surface area contributed by atoms with E-state index < -0.39 is 5.97 Å². The molecule has 0 amide bonds. The van der Waals surface area contributed by atoms with Crippen LogP contribution in [-0.2, 0) is 4.74 Å². The molecule has 1 aromatic heterocycles. The molecule has 0 radical (unpaired) electrons. The van der Waals surface area contributed by atoms with E-state index in [-0.39, 0.29) is 12.0 Å². The van der Waals surface area contributed by atoms with Gasteiger partial charge in [-0.1, -0.05) is 17.3 Å². The largest absolute Gasteiger partial charge is 0.476 e. The van der Waals surface area contributed by atoms with Gasteiger partial charge < -0.3 is 19.1 Å². The SMILES string of the molecule is O=C(O)c1cc(-c2ccccc2OC2CCCCO2)on1. The number of aromatic nitrogens is 1. The van der Waals surface area contributed by atoms with Gasteiger partial charge in [-0.15, -0.1) is 0 Å². The molecule has 6 heteroatoms. The Bertz CT molecular complexity index is 630. The van der Waals surface area contributed by atoms with E-state index in [0.717, 1.165) is 19.3 Å². The quantitative estimate of drug-likeness (QED) is 0.931. The predicted octanol–water partition coefficient (Wildman–Crippen LogP) is 2.95. The molecule has 2 aromatic rings. The molecule has 1 unspecified atom stereocenters. The number of hydrogen-bond donors (Lipinski definition) is 1. The molecule has 1 saturated heterocycles. The van der Waals surface area contributed by atoms with E-state index in [0.29, 0.717) is 23.7 Å². The number of nitrogens with zero attached hydrogens (tertiary/aromatic N) is 1. The van der Waals surface area contributed by atoms with Crippen LogP contribution in [0.4, 0.5) is 0 Å². The van der Waals surface area contributed by atoms with Crippen molar-refractivity contribution in [1.29, 1.82) is 0 Å². The summed E-state index contributed by atoms with van der Waals surface area (Å²) in [4.78, 5) is 10.9. The van der Waals surface area contributed by atoms with Gasteiger partial charge in [-0.25, -0.2) is 4.79 Å². The number of carbonyl (C=O) groups is 1. The molecule has 0 saturated carbocycles. The molecule has 0 spiro atoms. The minimum atomic E-state index is -1.13. The molecule has 2 heterocycles. The molecular weight excluding hydrogens is 274 g/mol. The fraction of sp³-hybridized carbons (Fsp3) is 0.333. The van der Waals surface area contributed by atoms with Crippen LogP contribution < -0.4 is 4.74 Å². The van der Waals surface area contributed by atoms with Crippen molar-refractivity contribution >= 4 is 5.97 Å². The second kappa shape index (κ2) is 5.97. The molecule has 0 aliphatic carbocycles. The smallest absolute Gasteiger partial charge is 0.358 e. The molecule has 6 nitrogen and oxygen atoms in total. The minimum Gasteiger partial charge on any atom is -0.476 e. The Balaban J connectivity index is 1.85. The summed E-state index contributed by atoms with van der Waals surface area (Å²) >= 11 is 0. The summed E-state index contributed by atoms with van der Waals surface area (Å²) in [5.74, 6) is -0.171. The Morgan fingerprint density at radius 1 is 1.33 bits per heavy atom. The Hall–Kier alpha value is -2.34. The van der Waals surface area contributed by atoms with E-state index in [1.165, 1.54) is 6.07 Å². The topological polar surface area (TPSA) is 81.8 Å². The highest BCUT2D eigenvalue weighted by Crippen LogP contribution is 2.32. The van der Waals surface area contributed by atoms with Crippen LogP contribution in [0.3, 0.4) is 0 Å². The van der Waals surface area contributed by atoms with Crippen LogP contribution >= 0.6 is 0 Å². The van der Waals surface area contributed by atoms with Crippen molar-refractivity contribution in [2.75, 3.05) is 6.61 Å². The van der Waals surface area contributed by atoms with Crippen molar-refractivity contribution in [3.63, 3.8) is 0 Å². The molecule has 110 valence electrons. The number of para-hydroxylation sites is 1. The van der Waals surface area contributed by atoms with E-state index >= 15 is 0 Å². The van der Waals surface area contributed by atoms with Gasteiger partial charge in [0.25, 0.3) is 0 Å². The highest BCUT2D eigenvalue weighted by atomic mass is 16.7. The van der Waals surface area contributed by atoms with Crippen LogP contribution in [-0.4, -0.2) is 29.1 Å². The molecule has 1 fully saturated rings. The van der Waals surface area contributed by atoms with Crippen LogP contribution in [0.5, 0.6) is 5.75 Å². The van der Waals surface area contributed by atoms with E-state index in [2.05, 4.69) is 5.16 Å². The number of aromatic carboxylic acids is 1. The first-order valence-electron chi connectivity index (χ1n) is 6.82. The standard InChI is InChI=1S/C15H15NO5/c17-15(18)11-9-13(21-16-11)10-5-1-2-6-12(10)20-14-7-3-4-8-19-14/h1-2,5-6,9,14H,3-4,7-8H2,(H,17,18). The highest BCUT2D eigenvalue weighted by Gasteiger charge is 2.19. The first kappa shape index (κ1) is 13.6. The lowest BCUT2D eigenvalue weighted by atomic mass is 10.1. The third-order valence-electron chi connectivity index (χ3n) is 3.28. The lowest BCUT2D eigenvalue weighted by molar-refractivity contribution is -0.105. The van der Waals surface area contributed by atoms with Crippen molar-refractivity contribution < 1.29 is 23.9 Å². The van der Waals surface area contributed by atoms with Crippen molar-refractivity contribution in [3.05, 3.63) is 36.0 Å². The normalized spacial score (nSPS) is 18.4. The Labute approximate surface area is 121 Å². The molecule has 1 aromatic carbocycles. The summed E-state index contributed by atoms with van der Waals surface area (Å²) in [7, 11) is 0. The van der Waals surface area contributed by atoms with Gasteiger partial charge >= 0.3 is 5.97 Å². The van der Waals surface area contributed by atoms with Gasteiger partial charge in [-0.05, 0) is 25.0 Å². The van der Waals surface area contributed by atoms with E-state index in [4.69, 9.17) is 19.1 Å². The van der Waals surface area contributed by atoms with Crippen LogP contribution in [0.25, 0.3) is 11.3 Å². The Morgan fingerprint density at radius 3 is 2.90 bits per heavy atom. The van der Waals surface area contributed by atoms with E-state index in [9.17, 15) is 4.79 Å². The molecular formula is C15H15NO5. The first-order chi connectivity index (χ1) is 10.2. The second-order valence-corrected chi connectivity index (χ2v) is 4.79. The average molecular weight is 289 g/mol. The van der Waals surface area contributed by atoms with E-state index in [1.54, 1.807) is 12.1 Å². The molecule has 1 aliphatic rings. The van der Waals surface area contributed by atoms with Crippen molar-refractivity contribution in [3.8, 4) is 17.1 Å². The summed E-state index contributed by atoms with van der Waals surface area (Å²) < 4.78 is 16.5. The van der Waals surface area contributed by atoms with Gasteiger partial charge in [-0.3, -0.25) is 0 Å². The summed E-state index contributed by atoms with van der Waals surface area (Å²) in [6.45, 7) is 0.693. The average Bonchev–Trinajstić information content (AvgIpc) is 2.99. The summed E-state index contributed by atoms with van der Waals surface area (Å²) in [5, 5.41) is 12.4. The maximum atomic E-state index is 10.9. The van der Waals surface area contributed by atoms with Crippen LogP contribution in [0.2, 0.25) is 0 Å². The third-order valence-corrected chi connectivity index (χ3v) is 3.28. The zero-order chi connectivity index (χ0) is 14.7. The maximum absolute atomic E-state index is 10.9. The third kappa shape index (κ3) is 3.05. The van der Waals surface area contributed by atoms with Crippen molar-refractivity contribution in [2.24, 2.45) is 0 Å². The number of rotatable bonds is 4. The van der Waals surface area contributed by atoms with E-state index in [1.807, 2.05) is 12.1 Å². The van der Waals surface area contributed by atoms with Crippen LogP contribution in [0.15, 0.2) is 34.9 Å². The van der Waals surface area contributed by atoms with Gasteiger partial charge in [0.05, 0.1) is 12.2 Å². The molecule has 1 atom stereocenters. The van der Waals surface area contributed by atoms with Crippen molar-refractivity contribution in [2.45, 2.75) is 25.6 Å². The van der Waals surface area contributed by atoms with Gasteiger partial charge in [-0.2, -0.15) is 0 Å². The molecule has 1 N–H and O–H groups in total. The number of hydrogen-bond acceptors (Lipinski definition) is 5. The van der Waals surface area contributed by atoms with Crippen molar-refractivity contribution in [1.82, 2.24) is 5.16 Å². The number of ether oxygens (including phenoxy) is 2. The van der Waals surface area contributed by atoms with Gasteiger partial charge in [0.2, 0.25) is 0 Å². The van der Waals surface area contributed by atoms with Gasteiger partial charge in [0.15, 0.2) is 17.7 Å². The van der Waals surface area contributed by atoms with Crippen LogP contribution in [0.1, 0.15) is 29.8 Å². The Morgan fingerprint density at radius 2 is 2.19 bits per heavy atom. The molecule has 0 bridgehead atoms. The lowest BCUT2D eigenvalue weighted by Crippen LogP contribution is -2.25. The Kier molecular flexibility index (Phi) is 3.87. The summed E-state index contributed by atoms with van der Waals surface area (Å²) in [6.07, 6.45) is 2.68. The number of benzene rings is 1. The van der Waals surface area contributed by atoms with Gasteiger partial charge in [0.1, 0.15) is 5.75 Å². The van der Waals surface area contributed by atoms with Gasteiger partial charge in [0, 0.05) is 12.5 Å². The number of carboxylic acids is 1. The second-order valence-electron chi connectivity index (χ2n) is 4.79.